The second-order valence-electron chi connectivity index (χ2n) is 9.92. The molecule has 0 radical (unpaired) electrons. The maximum Gasteiger partial charge on any atom is 0.397 e. The number of ether oxygens (including phenoxy) is 1. The van der Waals surface area contributed by atoms with E-state index in [0.29, 0.717) is 18.5 Å². The lowest BCUT2D eigenvalue weighted by Gasteiger charge is -2.32. The van der Waals surface area contributed by atoms with E-state index in [9.17, 15) is 22.8 Å². The topological polar surface area (TPSA) is 95.6 Å². The molecule has 5 rings (SSSR count). The van der Waals surface area contributed by atoms with E-state index in [1.165, 1.54) is 16.0 Å². The van der Waals surface area contributed by atoms with Crippen LogP contribution in [0.5, 0.6) is 5.75 Å². The Balaban J connectivity index is 1.15. The van der Waals surface area contributed by atoms with Crippen LogP contribution in [-0.2, 0) is 11.2 Å². The normalized spacial score (nSPS) is 17.5. The van der Waals surface area contributed by atoms with Gasteiger partial charge in [0.2, 0.25) is 5.91 Å². The Morgan fingerprint density at radius 2 is 1.87 bits per heavy atom. The minimum absolute atomic E-state index is 0.111. The summed E-state index contributed by atoms with van der Waals surface area (Å²) in [5.41, 5.74) is 3.82. The maximum absolute atomic E-state index is 12.5. The van der Waals surface area contributed by atoms with E-state index in [2.05, 4.69) is 22.0 Å². The van der Waals surface area contributed by atoms with Gasteiger partial charge in [0.15, 0.2) is 0 Å². The minimum Gasteiger partial charge on any atom is -0.496 e. The van der Waals surface area contributed by atoms with Crippen molar-refractivity contribution in [2.45, 2.75) is 50.4 Å². The highest BCUT2D eigenvalue weighted by atomic mass is 19.4. The number of hydrogen-bond acceptors (Lipinski definition) is 5. The molecule has 1 aliphatic heterocycles. The van der Waals surface area contributed by atoms with Gasteiger partial charge >= 0.3 is 12.2 Å². The zero-order valence-electron chi connectivity index (χ0n) is 21.5. The number of anilines is 2. The molecular weight excluding hydrogens is 511 g/mol. The number of halogens is 3. The lowest BCUT2D eigenvalue weighted by atomic mass is 10.0. The number of piperidine rings is 1. The number of aromatic nitrogens is 1. The van der Waals surface area contributed by atoms with Gasteiger partial charge < -0.3 is 25.6 Å². The fourth-order valence-electron chi connectivity index (χ4n) is 5.34. The lowest BCUT2D eigenvalue weighted by Crippen LogP contribution is -2.48. The summed E-state index contributed by atoms with van der Waals surface area (Å²) in [6.45, 7) is 0.355. The molecule has 1 fully saturated rings. The van der Waals surface area contributed by atoms with Gasteiger partial charge in [-0.25, -0.2) is 9.78 Å². The van der Waals surface area contributed by atoms with Crippen molar-refractivity contribution in [2.24, 2.45) is 0 Å². The molecule has 2 heterocycles. The molecular formula is C28H30F3N5O3. The van der Waals surface area contributed by atoms with Gasteiger partial charge in [0, 0.05) is 35.8 Å². The van der Waals surface area contributed by atoms with Crippen molar-refractivity contribution < 1.29 is 27.5 Å². The molecule has 2 aromatic carbocycles. The zero-order chi connectivity index (χ0) is 27.6. The van der Waals surface area contributed by atoms with Crippen LogP contribution in [0.3, 0.4) is 0 Å². The van der Waals surface area contributed by atoms with Crippen molar-refractivity contribution >= 4 is 34.3 Å². The summed E-state index contributed by atoms with van der Waals surface area (Å²) in [5, 5.41) is 10.0. The summed E-state index contributed by atoms with van der Waals surface area (Å²) in [4.78, 5) is 30.2. The van der Waals surface area contributed by atoms with Gasteiger partial charge in [-0.3, -0.25) is 4.79 Å². The third-order valence-corrected chi connectivity index (χ3v) is 7.23. The number of alkyl halides is 3. The van der Waals surface area contributed by atoms with Gasteiger partial charge in [-0.2, -0.15) is 13.2 Å². The summed E-state index contributed by atoms with van der Waals surface area (Å²) >= 11 is 0. The third kappa shape index (κ3) is 6.35. The molecule has 2 aliphatic rings. The second-order valence-corrected chi connectivity index (χ2v) is 9.92. The highest BCUT2D eigenvalue weighted by molar-refractivity contribution is 5.93. The van der Waals surface area contributed by atoms with Gasteiger partial charge in [0.1, 0.15) is 18.0 Å². The SMILES string of the molecule is COc1cccc2c1C(Nc1ccc3cc(NC(=O)NC4CCN(C(=O)CC(F)(F)F)CC4)ccc3n1)CC2. The molecule has 1 aromatic heterocycles. The summed E-state index contributed by atoms with van der Waals surface area (Å²) in [5.74, 6) is 0.698. The number of likely N-dealkylation sites (tertiary alicyclic amines) is 1. The molecule has 39 heavy (non-hydrogen) atoms. The zero-order valence-corrected chi connectivity index (χ0v) is 21.5. The van der Waals surface area contributed by atoms with Crippen molar-refractivity contribution in [1.29, 1.82) is 0 Å². The Morgan fingerprint density at radius 3 is 2.62 bits per heavy atom. The van der Waals surface area contributed by atoms with Crippen molar-refractivity contribution in [3.8, 4) is 5.75 Å². The highest BCUT2D eigenvalue weighted by Crippen LogP contribution is 2.39. The van der Waals surface area contributed by atoms with E-state index >= 15 is 0 Å². The number of benzene rings is 2. The van der Waals surface area contributed by atoms with E-state index in [-0.39, 0.29) is 25.2 Å². The smallest absolute Gasteiger partial charge is 0.397 e. The Labute approximate surface area is 223 Å². The van der Waals surface area contributed by atoms with Crippen LogP contribution in [0.1, 0.15) is 42.9 Å². The van der Waals surface area contributed by atoms with Gasteiger partial charge in [0.25, 0.3) is 0 Å². The first-order valence-electron chi connectivity index (χ1n) is 12.9. The van der Waals surface area contributed by atoms with Crippen molar-refractivity contribution in [1.82, 2.24) is 15.2 Å². The van der Waals surface area contributed by atoms with E-state index in [4.69, 9.17) is 9.72 Å². The molecule has 3 aromatic rings. The predicted octanol–water partition coefficient (Wildman–Crippen LogP) is 5.41. The van der Waals surface area contributed by atoms with Crippen LogP contribution in [0.25, 0.3) is 10.9 Å². The number of aryl methyl sites for hydroxylation is 1. The molecule has 3 N–H and O–H groups in total. The van der Waals surface area contributed by atoms with E-state index in [1.54, 1.807) is 13.2 Å². The van der Waals surface area contributed by atoms with Crippen LogP contribution in [0.15, 0.2) is 48.5 Å². The van der Waals surface area contributed by atoms with Gasteiger partial charge in [0.05, 0.1) is 18.7 Å². The summed E-state index contributed by atoms with van der Waals surface area (Å²) in [6.07, 6.45) is -3.25. The first-order valence-corrected chi connectivity index (χ1v) is 12.9. The Morgan fingerprint density at radius 1 is 1.08 bits per heavy atom. The van der Waals surface area contributed by atoms with Crippen molar-refractivity contribution in [3.05, 3.63) is 59.7 Å². The van der Waals surface area contributed by atoms with Crippen LogP contribution in [0.4, 0.5) is 29.5 Å². The summed E-state index contributed by atoms with van der Waals surface area (Å²) in [6, 6.07) is 14.9. The molecule has 1 unspecified atom stereocenters. The molecule has 11 heteroatoms. The Bertz CT molecular complexity index is 1370. The lowest BCUT2D eigenvalue weighted by molar-refractivity contribution is -0.162. The molecule has 0 saturated carbocycles. The van der Waals surface area contributed by atoms with Crippen LogP contribution in [-0.4, -0.2) is 54.2 Å². The Hall–Kier alpha value is -4.02. The van der Waals surface area contributed by atoms with Crippen LogP contribution < -0.4 is 20.7 Å². The quantitative estimate of drug-likeness (QED) is 0.388. The summed E-state index contributed by atoms with van der Waals surface area (Å²) in [7, 11) is 1.68. The van der Waals surface area contributed by atoms with E-state index in [0.717, 1.165) is 35.3 Å². The number of hydrogen-bond donors (Lipinski definition) is 3. The van der Waals surface area contributed by atoms with Crippen LogP contribution in [0, 0.1) is 0 Å². The van der Waals surface area contributed by atoms with Gasteiger partial charge in [-0.15, -0.1) is 0 Å². The average molecular weight is 542 g/mol. The fourth-order valence-corrected chi connectivity index (χ4v) is 5.34. The summed E-state index contributed by atoms with van der Waals surface area (Å²) < 4.78 is 43.0. The molecule has 206 valence electrons. The van der Waals surface area contributed by atoms with Gasteiger partial charge in [-0.1, -0.05) is 12.1 Å². The van der Waals surface area contributed by atoms with E-state index < -0.39 is 24.5 Å². The molecule has 1 atom stereocenters. The molecule has 0 spiro atoms. The molecule has 0 bridgehead atoms. The number of carbonyl (C=O) groups excluding carboxylic acids is 2. The number of carbonyl (C=O) groups is 2. The minimum atomic E-state index is -4.52. The monoisotopic (exact) mass is 541 g/mol. The highest BCUT2D eigenvalue weighted by Gasteiger charge is 2.35. The molecule has 3 amide bonds. The standard InChI is InChI=1S/C28H30F3N5O3/c1-39-23-4-2-3-17-5-8-22(26(17)23)35-24-10-6-18-15-20(7-9-21(18)34-24)33-27(38)32-19-11-13-36(14-12-19)25(37)16-28(29,30)31/h2-4,6-7,9-10,15,19,22H,5,8,11-14,16H2,1H3,(H,34,35)(H2,32,33,38). The molecule has 1 aliphatic carbocycles. The average Bonchev–Trinajstić information content (AvgIpc) is 3.31. The predicted molar refractivity (Wildman–Crippen MR) is 142 cm³/mol. The molecule has 8 nitrogen and oxygen atoms in total. The number of urea groups is 1. The maximum atomic E-state index is 12.5. The number of rotatable bonds is 6. The molecule has 1 saturated heterocycles. The number of methoxy groups -OCH3 is 1. The fraction of sp³-hybridized carbons (Fsp3) is 0.393. The number of amides is 3. The first-order chi connectivity index (χ1) is 18.7. The largest absolute Gasteiger partial charge is 0.496 e. The number of pyridine rings is 1. The number of nitrogens with one attached hydrogen (secondary N) is 3. The first kappa shape index (κ1) is 26.6. The Kier molecular flexibility index (Phi) is 7.49. The number of nitrogens with zero attached hydrogens (tertiary/aromatic N) is 2. The van der Waals surface area contributed by atoms with Crippen molar-refractivity contribution in [2.75, 3.05) is 30.8 Å². The second kappa shape index (κ2) is 11.0. The third-order valence-electron chi connectivity index (χ3n) is 7.23. The van der Waals surface area contributed by atoms with Crippen molar-refractivity contribution in [3.63, 3.8) is 0 Å². The number of fused-ring (bicyclic) bond motifs is 2. The van der Waals surface area contributed by atoms with Gasteiger partial charge in [-0.05, 0) is 67.6 Å². The van der Waals surface area contributed by atoms with E-state index in [1.807, 2.05) is 36.4 Å². The van der Waals surface area contributed by atoms with Crippen LogP contribution >= 0.6 is 0 Å². The van der Waals surface area contributed by atoms with Crippen LogP contribution in [0.2, 0.25) is 0 Å².